The fourth-order valence-corrected chi connectivity index (χ4v) is 2.91. The number of methoxy groups -OCH3 is 1. The van der Waals surface area contributed by atoms with Crippen LogP contribution in [0, 0.1) is 0 Å². The van der Waals surface area contributed by atoms with Crippen LogP contribution in [0.15, 0.2) is 0 Å². The second-order valence-corrected chi connectivity index (χ2v) is 6.06. The zero-order valence-corrected chi connectivity index (χ0v) is 11.9. The van der Waals surface area contributed by atoms with Gasteiger partial charge in [0.05, 0.1) is 6.61 Å². The summed E-state index contributed by atoms with van der Waals surface area (Å²) >= 11 is 5.60. The number of ether oxygens (including phenoxy) is 1. The van der Waals surface area contributed by atoms with Crippen LogP contribution >= 0.6 is 11.6 Å². The lowest BCUT2D eigenvalue weighted by Gasteiger charge is -2.29. The third kappa shape index (κ3) is 4.55. The molecule has 0 aromatic carbocycles. The fraction of sp³-hybridized carbons (Fsp3) is 1.00. The van der Waals surface area contributed by atoms with E-state index in [2.05, 4.69) is 0 Å². The minimum atomic E-state index is -3.43. The lowest BCUT2D eigenvalue weighted by atomic mass is 10.4. The third-order valence-corrected chi connectivity index (χ3v) is 4.63. The molecule has 0 spiro atoms. The van der Waals surface area contributed by atoms with E-state index < -0.39 is 10.2 Å². The normalized spacial score (nSPS) is 13.0. The molecule has 0 saturated carbocycles. The third-order valence-electron chi connectivity index (χ3n) is 2.30. The molecular formula is C9H21ClN2O3S. The Hall–Kier alpha value is 0.120. The quantitative estimate of drug-likeness (QED) is 0.613. The highest BCUT2D eigenvalue weighted by atomic mass is 35.5. The van der Waals surface area contributed by atoms with Crippen molar-refractivity contribution < 1.29 is 13.2 Å². The Balaban J connectivity index is 4.74. The summed E-state index contributed by atoms with van der Waals surface area (Å²) in [6.45, 7) is 4.63. The highest BCUT2D eigenvalue weighted by molar-refractivity contribution is 7.86. The van der Waals surface area contributed by atoms with E-state index in [-0.39, 0.29) is 11.9 Å². The molecule has 0 amide bonds. The molecule has 0 saturated heterocycles. The first-order chi connectivity index (χ1) is 7.37. The molecule has 0 bridgehead atoms. The summed E-state index contributed by atoms with van der Waals surface area (Å²) in [6, 6.07) is -0.0784. The second kappa shape index (κ2) is 7.45. The van der Waals surface area contributed by atoms with Gasteiger partial charge in [0.15, 0.2) is 0 Å². The molecule has 7 heteroatoms. The summed E-state index contributed by atoms with van der Waals surface area (Å²) in [4.78, 5) is 0. The predicted octanol–water partition coefficient (Wildman–Crippen LogP) is 0.759. The maximum Gasteiger partial charge on any atom is 0.282 e. The van der Waals surface area contributed by atoms with Gasteiger partial charge in [0.2, 0.25) is 0 Å². The highest BCUT2D eigenvalue weighted by Gasteiger charge is 2.27. The first-order valence-corrected chi connectivity index (χ1v) is 7.09. The Bertz CT molecular complexity index is 282. The summed E-state index contributed by atoms with van der Waals surface area (Å²) in [5.74, 6) is 0.273. The van der Waals surface area contributed by atoms with Gasteiger partial charge in [-0.15, -0.1) is 11.6 Å². The molecule has 0 aromatic heterocycles. The number of alkyl halides is 1. The monoisotopic (exact) mass is 272 g/mol. The smallest absolute Gasteiger partial charge is 0.282 e. The van der Waals surface area contributed by atoms with Crippen molar-refractivity contribution in [3.8, 4) is 0 Å². The molecule has 0 atom stereocenters. The minimum absolute atomic E-state index is 0.0784. The van der Waals surface area contributed by atoms with Gasteiger partial charge in [-0.3, -0.25) is 0 Å². The van der Waals surface area contributed by atoms with Crippen molar-refractivity contribution in [2.45, 2.75) is 19.9 Å². The van der Waals surface area contributed by atoms with Gasteiger partial charge in [0, 0.05) is 39.2 Å². The molecule has 0 rings (SSSR count). The van der Waals surface area contributed by atoms with E-state index in [1.807, 2.05) is 13.8 Å². The molecule has 0 aliphatic rings. The Morgan fingerprint density at radius 3 is 2.25 bits per heavy atom. The average Bonchev–Trinajstić information content (AvgIpc) is 2.22. The van der Waals surface area contributed by atoms with Gasteiger partial charge in [0.25, 0.3) is 10.2 Å². The van der Waals surface area contributed by atoms with Crippen molar-refractivity contribution in [3.05, 3.63) is 0 Å². The number of nitrogens with zero attached hydrogens (tertiary/aromatic N) is 2. The van der Waals surface area contributed by atoms with Gasteiger partial charge in [-0.25, -0.2) is 0 Å². The second-order valence-electron chi connectivity index (χ2n) is 3.70. The number of hydrogen-bond acceptors (Lipinski definition) is 3. The summed E-state index contributed by atoms with van der Waals surface area (Å²) in [5.41, 5.74) is 0. The van der Waals surface area contributed by atoms with Crippen molar-refractivity contribution in [2.24, 2.45) is 0 Å². The molecule has 5 nitrogen and oxygen atoms in total. The largest absolute Gasteiger partial charge is 0.383 e. The van der Waals surface area contributed by atoms with E-state index >= 15 is 0 Å². The Morgan fingerprint density at radius 1 is 1.31 bits per heavy atom. The van der Waals surface area contributed by atoms with Crippen molar-refractivity contribution in [1.29, 1.82) is 0 Å². The number of hydrogen-bond donors (Lipinski definition) is 0. The molecule has 98 valence electrons. The van der Waals surface area contributed by atoms with Gasteiger partial charge in [-0.2, -0.15) is 17.0 Å². The standard InChI is InChI=1S/C9H21ClN2O3S/c1-9(2)11(3)16(13,14)12(6-5-10)7-8-15-4/h9H,5-8H2,1-4H3. The van der Waals surface area contributed by atoms with Crippen molar-refractivity contribution in [3.63, 3.8) is 0 Å². The van der Waals surface area contributed by atoms with Crippen LogP contribution in [-0.2, 0) is 14.9 Å². The number of halogens is 1. The Morgan fingerprint density at radius 2 is 1.88 bits per heavy atom. The van der Waals surface area contributed by atoms with Crippen LogP contribution in [0.1, 0.15) is 13.8 Å². The molecular weight excluding hydrogens is 252 g/mol. The first-order valence-electron chi connectivity index (χ1n) is 5.16. The average molecular weight is 273 g/mol. The molecule has 0 unspecified atom stereocenters. The highest BCUT2D eigenvalue weighted by Crippen LogP contribution is 2.09. The zero-order valence-electron chi connectivity index (χ0n) is 10.3. The summed E-state index contributed by atoms with van der Waals surface area (Å²) < 4.78 is 31.8. The first kappa shape index (κ1) is 16.1. The van der Waals surface area contributed by atoms with Crippen LogP contribution in [0.2, 0.25) is 0 Å². The Kier molecular flexibility index (Phi) is 7.50. The number of rotatable bonds is 8. The molecule has 0 N–H and O–H groups in total. The van der Waals surface area contributed by atoms with Crippen LogP contribution in [0.4, 0.5) is 0 Å². The van der Waals surface area contributed by atoms with Crippen LogP contribution in [-0.4, -0.2) is 62.8 Å². The molecule has 0 aromatic rings. The van der Waals surface area contributed by atoms with Crippen LogP contribution in [0.25, 0.3) is 0 Å². The Labute approximate surface area is 103 Å². The molecule has 0 heterocycles. The van der Waals surface area contributed by atoms with Gasteiger partial charge in [-0.05, 0) is 13.8 Å². The minimum Gasteiger partial charge on any atom is -0.383 e. The lowest BCUT2D eigenvalue weighted by molar-refractivity contribution is 0.177. The van der Waals surface area contributed by atoms with Crippen LogP contribution < -0.4 is 0 Å². The summed E-state index contributed by atoms with van der Waals surface area (Å²) in [6.07, 6.45) is 0. The van der Waals surface area contributed by atoms with Gasteiger partial charge in [0.1, 0.15) is 0 Å². The van der Waals surface area contributed by atoms with E-state index in [0.717, 1.165) is 0 Å². The van der Waals surface area contributed by atoms with Gasteiger partial charge < -0.3 is 4.74 Å². The lowest BCUT2D eigenvalue weighted by Crippen LogP contribution is -2.46. The fourth-order valence-electron chi connectivity index (χ4n) is 1.08. The van der Waals surface area contributed by atoms with Crippen molar-refractivity contribution in [1.82, 2.24) is 8.61 Å². The van der Waals surface area contributed by atoms with Crippen LogP contribution in [0.3, 0.4) is 0 Å². The topological polar surface area (TPSA) is 49.9 Å². The van der Waals surface area contributed by atoms with E-state index in [1.54, 1.807) is 7.05 Å². The van der Waals surface area contributed by atoms with E-state index in [4.69, 9.17) is 16.3 Å². The van der Waals surface area contributed by atoms with E-state index in [9.17, 15) is 8.42 Å². The van der Waals surface area contributed by atoms with E-state index in [0.29, 0.717) is 19.7 Å². The molecule has 0 aliphatic carbocycles. The molecule has 16 heavy (non-hydrogen) atoms. The molecule has 0 aliphatic heterocycles. The maximum absolute atomic E-state index is 12.1. The summed E-state index contributed by atoms with van der Waals surface area (Å²) in [5, 5.41) is 0. The predicted molar refractivity (Wildman–Crippen MR) is 66.0 cm³/mol. The van der Waals surface area contributed by atoms with Crippen molar-refractivity contribution in [2.75, 3.05) is 39.7 Å². The molecule has 0 radical (unpaired) electrons. The van der Waals surface area contributed by atoms with E-state index in [1.165, 1.54) is 15.7 Å². The maximum atomic E-state index is 12.1. The summed E-state index contributed by atoms with van der Waals surface area (Å²) in [7, 11) is -0.330. The van der Waals surface area contributed by atoms with Gasteiger partial charge in [-0.1, -0.05) is 0 Å². The SMILES string of the molecule is COCCN(CCCl)S(=O)(=O)N(C)C(C)C. The van der Waals surface area contributed by atoms with Crippen LogP contribution in [0.5, 0.6) is 0 Å². The molecule has 0 fully saturated rings. The van der Waals surface area contributed by atoms with Gasteiger partial charge >= 0.3 is 0 Å². The zero-order chi connectivity index (χ0) is 12.8. The van der Waals surface area contributed by atoms with Crippen molar-refractivity contribution >= 4 is 21.8 Å².